The SMILES string of the molecule is CC(=O)c1ccc2n1CC1CC1(c1ccccc1)C2=O. The van der Waals surface area contributed by atoms with Gasteiger partial charge in [-0.05, 0) is 30.0 Å². The van der Waals surface area contributed by atoms with E-state index in [1.54, 1.807) is 19.1 Å². The molecule has 2 unspecified atom stereocenters. The van der Waals surface area contributed by atoms with Gasteiger partial charge in [0, 0.05) is 13.5 Å². The first kappa shape index (κ1) is 11.6. The van der Waals surface area contributed by atoms with Crippen LogP contribution in [-0.2, 0) is 12.0 Å². The molecule has 3 heteroatoms. The van der Waals surface area contributed by atoms with Crippen LogP contribution in [0.1, 0.15) is 39.9 Å². The summed E-state index contributed by atoms with van der Waals surface area (Å²) in [6.07, 6.45) is 0.898. The summed E-state index contributed by atoms with van der Waals surface area (Å²) >= 11 is 0. The highest BCUT2D eigenvalue weighted by molar-refractivity contribution is 6.08. The molecule has 2 aromatic rings. The van der Waals surface area contributed by atoms with E-state index in [9.17, 15) is 9.59 Å². The number of carbonyl (C=O) groups excluding carboxylic acids is 2. The molecule has 0 bridgehead atoms. The summed E-state index contributed by atoms with van der Waals surface area (Å²) in [6.45, 7) is 2.33. The van der Waals surface area contributed by atoms with Crippen LogP contribution in [-0.4, -0.2) is 16.1 Å². The molecule has 20 heavy (non-hydrogen) atoms. The van der Waals surface area contributed by atoms with Gasteiger partial charge in [-0.25, -0.2) is 0 Å². The van der Waals surface area contributed by atoms with Crippen LogP contribution in [0.2, 0.25) is 0 Å². The van der Waals surface area contributed by atoms with Gasteiger partial charge in [0.15, 0.2) is 11.6 Å². The van der Waals surface area contributed by atoms with E-state index >= 15 is 0 Å². The van der Waals surface area contributed by atoms with Gasteiger partial charge in [0.05, 0.1) is 16.8 Å². The minimum absolute atomic E-state index is 0.0249. The second kappa shape index (κ2) is 3.69. The summed E-state index contributed by atoms with van der Waals surface area (Å²) in [5.41, 5.74) is 2.13. The van der Waals surface area contributed by atoms with Gasteiger partial charge in [-0.2, -0.15) is 0 Å². The van der Waals surface area contributed by atoms with Crippen molar-refractivity contribution >= 4 is 11.6 Å². The number of Topliss-reactive ketones (excluding diaryl/α,β-unsaturated/α-hetero) is 2. The van der Waals surface area contributed by atoms with Crippen LogP contribution in [0.4, 0.5) is 0 Å². The highest BCUT2D eigenvalue weighted by atomic mass is 16.1. The van der Waals surface area contributed by atoms with E-state index in [1.165, 1.54) is 0 Å². The minimum Gasteiger partial charge on any atom is -0.335 e. The lowest BCUT2D eigenvalue weighted by Gasteiger charge is -2.24. The van der Waals surface area contributed by atoms with Crippen molar-refractivity contribution in [1.29, 1.82) is 0 Å². The normalized spacial score (nSPS) is 26.9. The molecule has 0 N–H and O–H groups in total. The number of hydrogen-bond acceptors (Lipinski definition) is 2. The summed E-state index contributed by atoms with van der Waals surface area (Å²) in [7, 11) is 0. The van der Waals surface area contributed by atoms with Gasteiger partial charge in [0.2, 0.25) is 0 Å². The Morgan fingerprint density at radius 3 is 2.65 bits per heavy atom. The van der Waals surface area contributed by atoms with E-state index < -0.39 is 0 Å². The predicted octanol–water partition coefficient (Wildman–Crippen LogP) is 2.84. The number of nitrogens with zero attached hydrogens (tertiary/aromatic N) is 1. The lowest BCUT2D eigenvalue weighted by Crippen LogP contribution is -2.32. The molecule has 3 nitrogen and oxygen atoms in total. The third-order valence-corrected chi connectivity index (χ3v) is 4.78. The van der Waals surface area contributed by atoms with E-state index in [1.807, 2.05) is 34.9 Å². The Hall–Kier alpha value is -2.16. The largest absolute Gasteiger partial charge is 0.335 e. The highest BCUT2D eigenvalue weighted by Crippen LogP contribution is 2.59. The topological polar surface area (TPSA) is 39.1 Å². The van der Waals surface area contributed by atoms with Gasteiger partial charge in [-0.3, -0.25) is 9.59 Å². The summed E-state index contributed by atoms with van der Waals surface area (Å²) in [5, 5.41) is 0. The van der Waals surface area contributed by atoms with Gasteiger partial charge in [-0.1, -0.05) is 30.3 Å². The fourth-order valence-corrected chi connectivity index (χ4v) is 3.67. The van der Waals surface area contributed by atoms with Crippen molar-refractivity contribution in [2.24, 2.45) is 5.92 Å². The maximum Gasteiger partial charge on any atom is 0.190 e. The van der Waals surface area contributed by atoms with E-state index in [-0.39, 0.29) is 17.0 Å². The Labute approximate surface area is 117 Å². The molecule has 0 radical (unpaired) electrons. The molecule has 2 aliphatic rings. The molecule has 1 saturated carbocycles. The molecule has 0 saturated heterocycles. The zero-order chi connectivity index (χ0) is 13.9. The van der Waals surface area contributed by atoms with Crippen LogP contribution in [0.25, 0.3) is 0 Å². The van der Waals surface area contributed by atoms with Gasteiger partial charge >= 0.3 is 0 Å². The quantitative estimate of drug-likeness (QED) is 0.783. The summed E-state index contributed by atoms with van der Waals surface area (Å²) in [4.78, 5) is 24.5. The van der Waals surface area contributed by atoms with Crippen molar-refractivity contribution in [3.8, 4) is 0 Å². The molecule has 1 aromatic heterocycles. The molecule has 0 amide bonds. The van der Waals surface area contributed by atoms with Crippen LogP contribution >= 0.6 is 0 Å². The van der Waals surface area contributed by atoms with Crippen molar-refractivity contribution in [2.75, 3.05) is 0 Å². The first-order valence-electron chi connectivity index (χ1n) is 6.95. The van der Waals surface area contributed by atoms with Crippen molar-refractivity contribution in [3.05, 3.63) is 59.4 Å². The predicted molar refractivity (Wildman–Crippen MR) is 75.0 cm³/mol. The molecule has 1 aliphatic heterocycles. The number of benzene rings is 1. The van der Waals surface area contributed by atoms with E-state index in [4.69, 9.17) is 0 Å². The molecule has 0 spiro atoms. The number of carbonyl (C=O) groups is 2. The van der Waals surface area contributed by atoms with Crippen molar-refractivity contribution in [1.82, 2.24) is 4.57 Å². The molecule has 2 atom stereocenters. The summed E-state index contributed by atoms with van der Waals surface area (Å²) in [6, 6.07) is 13.6. The average Bonchev–Trinajstić information content (AvgIpc) is 3.03. The van der Waals surface area contributed by atoms with Crippen LogP contribution < -0.4 is 0 Å². The van der Waals surface area contributed by atoms with Crippen LogP contribution in [0.15, 0.2) is 42.5 Å². The Balaban J connectivity index is 1.83. The van der Waals surface area contributed by atoms with Gasteiger partial charge in [0.1, 0.15) is 0 Å². The summed E-state index contributed by atoms with van der Waals surface area (Å²) in [5.74, 6) is 0.528. The molecule has 1 fully saturated rings. The second-order valence-corrected chi connectivity index (χ2v) is 5.84. The minimum atomic E-state index is -0.330. The smallest absolute Gasteiger partial charge is 0.190 e. The standard InChI is InChI=1S/C17H15NO2/c1-11(19)14-7-8-15-16(20)17(9-13(17)10-18(14)15)12-5-3-2-4-6-12/h2-8,13H,9-10H2,1H3. The molecular formula is C17H15NO2. The van der Waals surface area contributed by atoms with Crippen molar-refractivity contribution < 1.29 is 9.59 Å². The van der Waals surface area contributed by atoms with Crippen molar-refractivity contribution in [2.45, 2.75) is 25.3 Å². The zero-order valence-electron chi connectivity index (χ0n) is 11.3. The number of fused-ring (bicyclic) bond motifs is 2. The van der Waals surface area contributed by atoms with E-state index in [2.05, 4.69) is 0 Å². The molecule has 100 valence electrons. The first-order chi connectivity index (χ1) is 9.64. The fourth-order valence-electron chi connectivity index (χ4n) is 3.67. The zero-order valence-corrected chi connectivity index (χ0v) is 11.3. The maximum atomic E-state index is 12.9. The van der Waals surface area contributed by atoms with E-state index in [0.29, 0.717) is 17.3 Å². The third-order valence-electron chi connectivity index (χ3n) is 4.78. The lowest BCUT2D eigenvalue weighted by molar-refractivity contribution is 0.0909. The molecular weight excluding hydrogens is 250 g/mol. The van der Waals surface area contributed by atoms with Gasteiger partial charge in [0.25, 0.3) is 0 Å². The summed E-state index contributed by atoms with van der Waals surface area (Å²) < 4.78 is 1.91. The Morgan fingerprint density at radius 2 is 1.95 bits per heavy atom. The fraction of sp³-hybridized carbons (Fsp3) is 0.294. The number of aromatic nitrogens is 1. The Bertz CT molecular complexity index is 729. The van der Waals surface area contributed by atoms with Gasteiger partial charge < -0.3 is 4.57 Å². The molecule has 1 aromatic carbocycles. The lowest BCUT2D eigenvalue weighted by atomic mass is 9.85. The number of ketones is 2. The van der Waals surface area contributed by atoms with Crippen LogP contribution in [0.3, 0.4) is 0 Å². The number of hydrogen-bond donors (Lipinski definition) is 0. The first-order valence-corrected chi connectivity index (χ1v) is 6.95. The second-order valence-electron chi connectivity index (χ2n) is 5.84. The monoisotopic (exact) mass is 265 g/mol. The highest BCUT2D eigenvalue weighted by Gasteiger charge is 2.63. The average molecular weight is 265 g/mol. The van der Waals surface area contributed by atoms with Crippen molar-refractivity contribution in [3.63, 3.8) is 0 Å². The Morgan fingerprint density at radius 1 is 1.20 bits per heavy atom. The number of rotatable bonds is 2. The third kappa shape index (κ3) is 1.30. The van der Waals surface area contributed by atoms with Crippen LogP contribution in [0, 0.1) is 5.92 Å². The molecule has 2 heterocycles. The van der Waals surface area contributed by atoms with E-state index in [0.717, 1.165) is 18.5 Å². The maximum absolute atomic E-state index is 12.9. The van der Waals surface area contributed by atoms with Gasteiger partial charge in [-0.15, -0.1) is 0 Å². The molecule has 4 rings (SSSR count). The Kier molecular flexibility index (Phi) is 2.15. The van der Waals surface area contributed by atoms with Crippen LogP contribution in [0.5, 0.6) is 0 Å². The molecule has 1 aliphatic carbocycles.